The minimum Gasteiger partial charge on any atom is -0.265 e. The molecule has 0 aliphatic rings. The lowest BCUT2D eigenvalue weighted by molar-refractivity contribution is 0.698. The van der Waals surface area contributed by atoms with E-state index in [-0.39, 0.29) is 0 Å². The molecule has 2 aromatic rings. The van der Waals surface area contributed by atoms with Crippen molar-refractivity contribution >= 4 is 30.6 Å². The first-order valence-electron chi connectivity index (χ1n) is 4.33. The van der Waals surface area contributed by atoms with Crippen molar-refractivity contribution in [3.05, 3.63) is 67.0 Å². The van der Waals surface area contributed by atoms with E-state index in [4.69, 9.17) is 4.21 Å². The van der Waals surface area contributed by atoms with Crippen LogP contribution in [-0.4, -0.2) is 9.19 Å². The molecule has 0 spiro atoms. The molecule has 0 aliphatic heterocycles. The lowest BCUT2D eigenvalue weighted by atomic mass is 10.4. The summed E-state index contributed by atoms with van der Waals surface area (Å²) >= 11 is 0. The minimum absolute atomic E-state index is 1.67. The van der Waals surface area contributed by atoms with Crippen LogP contribution in [0.4, 0.5) is 0 Å². The van der Waals surface area contributed by atoms with Crippen LogP contribution in [0.25, 0.3) is 0 Å². The molecular weight excluding hydrogens is 265 g/mol. The number of nitrogens with zero attached hydrogens (tertiary/aromatic N) is 1. The second-order valence-corrected chi connectivity index (χ2v) is 4.89. The summed E-state index contributed by atoms with van der Waals surface area (Å²) in [6.07, 6.45) is 3.50. The molecule has 0 radical (unpaired) electrons. The Hall–Kier alpha value is -0.900. The van der Waals surface area contributed by atoms with Crippen LogP contribution < -0.4 is 0 Å². The lowest BCUT2D eigenvalue weighted by Crippen LogP contribution is -1.58. The molecule has 0 aliphatic carbocycles. The summed E-state index contributed by atoms with van der Waals surface area (Å²) in [5, 5.41) is 0. The van der Waals surface area contributed by atoms with E-state index in [1.807, 2.05) is 54.6 Å². The van der Waals surface area contributed by atoms with Crippen LogP contribution in [0.2, 0.25) is 0 Å². The Morgan fingerprint density at radius 2 is 0.938 bits per heavy atom. The van der Waals surface area contributed by atoms with Crippen molar-refractivity contribution in [2.24, 2.45) is 0 Å². The molecule has 1 heterocycles. The van der Waals surface area contributed by atoms with Gasteiger partial charge in [-0.2, -0.15) is 0 Å². The van der Waals surface area contributed by atoms with Crippen molar-refractivity contribution in [1.82, 2.24) is 4.98 Å². The lowest BCUT2D eigenvalue weighted by Gasteiger charge is -1.70. The van der Waals surface area contributed by atoms with Gasteiger partial charge in [-0.25, -0.2) is 4.21 Å². The Morgan fingerprint density at radius 3 is 1.06 bits per heavy atom. The highest BCUT2D eigenvalue weighted by molar-refractivity contribution is 8.26. The highest BCUT2D eigenvalue weighted by atomic mass is 36.0. The van der Waals surface area contributed by atoms with E-state index in [1.165, 1.54) is 0 Å². The normalized spacial score (nSPS) is 8.19. The Kier molecular flexibility index (Phi) is 11.5. The fraction of sp³-hybridized carbons (Fsp3) is 0. The topological polar surface area (TPSA) is 30.0 Å². The molecule has 0 saturated carbocycles. The number of benzene rings is 1. The predicted octanol–water partition coefficient (Wildman–Crippen LogP) is 3.81. The van der Waals surface area contributed by atoms with Crippen molar-refractivity contribution < 1.29 is 4.21 Å². The van der Waals surface area contributed by atoms with Crippen LogP contribution in [0.15, 0.2) is 67.0 Å². The SMILES string of the molecule is O=S(Cl)Cl.c1ccccc1.c1ccncc1. The second-order valence-electron chi connectivity index (χ2n) is 2.36. The van der Waals surface area contributed by atoms with Crippen molar-refractivity contribution in [3.8, 4) is 0 Å². The molecular formula is C11H11Cl2NOS. The van der Waals surface area contributed by atoms with Crippen LogP contribution in [0.3, 0.4) is 0 Å². The summed E-state index contributed by atoms with van der Waals surface area (Å²) in [7, 11) is 7.36. The van der Waals surface area contributed by atoms with Gasteiger partial charge < -0.3 is 0 Å². The maximum absolute atomic E-state index is 9.09. The first-order chi connectivity index (χ1) is 7.73. The van der Waals surface area contributed by atoms with Crippen molar-refractivity contribution in [2.45, 2.75) is 0 Å². The third-order valence-corrected chi connectivity index (χ3v) is 1.23. The maximum Gasteiger partial charge on any atom is 0.211 e. The Balaban J connectivity index is 0.000000217. The van der Waals surface area contributed by atoms with Crippen LogP contribution in [0, 0.1) is 0 Å². The monoisotopic (exact) mass is 275 g/mol. The smallest absolute Gasteiger partial charge is 0.211 e. The molecule has 0 fully saturated rings. The van der Waals surface area contributed by atoms with Gasteiger partial charge in [-0.05, 0) is 12.1 Å². The van der Waals surface area contributed by atoms with Gasteiger partial charge in [0.25, 0.3) is 0 Å². The molecule has 0 unspecified atom stereocenters. The van der Waals surface area contributed by atoms with Gasteiger partial charge >= 0.3 is 0 Å². The van der Waals surface area contributed by atoms with Gasteiger partial charge in [-0.1, -0.05) is 42.5 Å². The Morgan fingerprint density at radius 1 is 0.688 bits per heavy atom. The van der Waals surface area contributed by atoms with Crippen molar-refractivity contribution in [3.63, 3.8) is 0 Å². The Labute approximate surface area is 107 Å². The first kappa shape index (κ1) is 15.1. The third-order valence-electron chi connectivity index (χ3n) is 1.23. The average molecular weight is 276 g/mol. The standard InChI is InChI=1S/C6H6.C5H5N.Cl2OS/c2*1-2-4-6-5-3-1;1-4(2)3/h1-6H;1-5H;. The summed E-state index contributed by atoms with van der Waals surface area (Å²) < 4.78 is 9.09. The quantitative estimate of drug-likeness (QED) is 0.685. The molecule has 0 N–H and O–H groups in total. The second kappa shape index (κ2) is 12.2. The summed E-state index contributed by atoms with van der Waals surface area (Å²) in [6.45, 7) is 0. The zero-order chi connectivity index (χ0) is 12.1. The van der Waals surface area contributed by atoms with Gasteiger partial charge in [0.15, 0.2) is 0 Å². The number of aromatic nitrogens is 1. The molecule has 2 rings (SSSR count). The van der Waals surface area contributed by atoms with Crippen molar-refractivity contribution in [2.75, 3.05) is 0 Å². The van der Waals surface area contributed by atoms with Crippen molar-refractivity contribution in [1.29, 1.82) is 0 Å². The van der Waals surface area contributed by atoms with E-state index in [1.54, 1.807) is 12.4 Å². The largest absolute Gasteiger partial charge is 0.265 e. The average Bonchev–Trinajstić information content (AvgIpc) is 2.34. The number of hydrogen-bond acceptors (Lipinski definition) is 2. The summed E-state index contributed by atoms with van der Waals surface area (Å²) in [5.74, 6) is 0. The maximum atomic E-state index is 9.09. The summed E-state index contributed by atoms with van der Waals surface area (Å²) in [4.78, 5) is 3.78. The number of rotatable bonds is 0. The molecule has 0 saturated heterocycles. The van der Waals surface area contributed by atoms with Gasteiger partial charge in [0.1, 0.15) is 0 Å². The molecule has 1 aromatic heterocycles. The van der Waals surface area contributed by atoms with Gasteiger partial charge in [-0.15, -0.1) is 0 Å². The zero-order valence-electron chi connectivity index (χ0n) is 8.37. The van der Waals surface area contributed by atoms with E-state index in [9.17, 15) is 0 Å². The number of hydrogen-bond donors (Lipinski definition) is 0. The van der Waals surface area contributed by atoms with Crippen LogP contribution in [0.5, 0.6) is 0 Å². The molecule has 2 nitrogen and oxygen atoms in total. The molecule has 0 atom stereocenters. The Bertz CT molecular complexity index is 270. The highest BCUT2D eigenvalue weighted by Crippen LogP contribution is 1.89. The third kappa shape index (κ3) is 15.6. The fourth-order valence-corrected chi connectivity index (χ4v) is 0.698. The van der Waals surface area contributed by atoms with Gasteiger partial charge in [0.2, 0.25) is 9.23 Å². The van der Waals surface area contributed by atoms with Crippen LogP contribution in [0.1, 0.15) is 0 Å². The van der Waals surface area contributed by atoms with E-state index in [0.717, 1.165) is 0 Å². The molecule has 1 aromatic carbocycles. The van der Waals surface area contributed by atoms with E-state index in [2.05, 4.69) is 26.3 Å². The van der Waals surface area contributed by atoms with E-state index < -0.39 is 9.23 Å². The van der Waals surface area contributed by atoms with Gasteiger partial charge in [0, 0.05) is 33.8 Å². The number of halogens is 2. The van der Waals surface area contributed by atoms with Gasteiger partial charge in [-0.3, -0.25) is 4.98 Å². The first-order valence-corrected chi connectivity index (χ1v) is 7.13. The molecule has 16 heavy (non-hydrogen) atoms. The zero-order valence-corrected chi connectivity index (χ0v) is 10.7. The minimum atomic E-state index is -1.67. The van der Waals surface area contributed by atoms with Gasteiger partial charge in [0.05, 0.1) is 0 Å². The fourth-order valence-electron chi connectivity index (χ4n) is 0.698. The molecule has 0 bridgehead atoms. The molecule has 0 amide bonds. The highest BCUT2D eigenvalue weighted by Gasteiger charge is 1.68. The predicted molar refractivity (Wildman–Crippen MR) is 70.5 cm³/mol. The molecule has 5 heteroatoms. The van der Waals surface area contributed by atoms with E-state index >= 15 is 0 Å². The van der Waals surface area contributed by atoms with Crippen LogP contribution in [-0.2, 0) is 9.23 Å². The summed E-state index contributed by atoms with van der Waals surface area (Å²) in [6, 6.07) is 17.7. The summed E-state index contributed by atoms with van der Waals surface area (Å²) in [5.41, 5.74) is 0. The molecule has 86 valence electrons. The van der Waals surface area contributed by atoms with Crippen LogP contribution >= 0.6 is 21.4 Å². The number of pyridine rings is 1. The van der Waals surface area contributed by atoms with E-state index in [0.29, 0.717) is 0 Å².